The summed E-state index contributed by atoms with van der Waals surface area (Å²) in [6.45, 7) is 3.87. The van der Waals surface area contributed by atoms with Gasteiger partial charge in [-0.1, -0.05) is 6.07 Å². The lowest BCUT2D eigenvalue weighted by atomic mass is 10.1. The number of aromatic nitrogens is 3. The molecule has 0 spiro atoms. The van der Waals surface area contributed by atoms with E-state index >= 15 is 0 Å². The molecule has 3 aromatic rings. The van der Waals surface area contributed by atoms with Crippen molar-refractivity contribution in [2.24, 2.45) is 16.8 Å². The van der Waals surface area contributed by atoms with Crippen LogP contribution in [-0.4, -0.2) is 34.1 Å². The van der Waals surface area contributed by atoms with Gasteiger partial charge in [0, 0.05) is 18.7 Å². The second kappa shape index (κ2) is 5.85. The van der Waals surface area contributed by atoms with E-state index in [1.807, 2.05) is 13.0 Å². The van der Waals surface area contributed by atoms with Gasteiger partial charge in [-0.3, -0.25) is 5.10 Å². The molecule has 0 amide bonds. The molecule has 0 bridgehead atoms. The fraction of sp³-hybridized carbons (Fsp3) is 0.286. The summed E-state index contributed by atoms with van der Waals surface area (Å²) >= 11 is 0. The minimum Gasteiger partial charge on any atom is -0.356 e. The summed E-state index contributed by atoms with van der Waals surface area (Å²) < 4.78 is 28.9. The number of hydrogen-bond acceptors (Lipinski definition) is 5. The Morgan fingerprint density at radius 1 is 1.14 bits per heavy atom. The van der Waals surface area contributed by atoms with Gasteiger partial charge in [0.25, 0.3) is 0 Å². The summed E-state index contributed by atoms with van der Waals surface area (Å²) in [6, 6.07) is 5.78. The second-order valence-corrected chi connectivity index (χ2v) is 7.96. The summed E-state index contributed by atoms with van der Waals surface area (Å²) in [6.07, 6.45) is 3.02. The second-order valence-electron chi connectivity index (χ2n) is 7.96. The summed E-state index contributed by atoms with van der Waals surface area (Å²) in [4.78, 5) is 11.4. The van der Waals surface area contributed by atoms with Gasteiger partial charge in [-0.15, -0.1) is 0 Å². The molecule has 2 aliphatic heterocycles. The number of H-pyrrole nitrogens is 1. The van der Waals surface area contributed by atoms with Crippen molar-refractivity contribution in [3.63, 3.8) is 0 Å². The van der Waals surface area contributed by atoms with E-state index in [9.17, 15) is 8.78 Å². The van der Waals surface area contributed by atoms with Gasteiger partial charge in [-0.2, -0.15) is 5.10 Å². The smallest absolute Gasteiger partial charge is 0.144 e. The molecular formula is C21H18F2N6. The van der Waals surface area contributed by atoms with Gasteiger partial charge in [0.15, 0.2) is 0 Å². The first-order valence-electron chi connectivity index (χ1n) is 9.69. The lowest BCUT2D eigenvalue weighted by Crippen LogP contribution is -2.23. The fourth-order valence-electron chi connectivity index (χ4n) is 4.37. The minimum absolute atomic E-state index is 0.0991. The molecule has 146 valence electrons. The van der Waals surface area contributed by atoms with E-state index < -0.39 is 11.6 Å². The minimum atomic E-state index is -0.678. The summed E-state index contributed by atoms with van der Waals surface area (Å²) in [5, 5.41) is 10.4. The van der Waals surface area contributed by atoms with Crippen LogP contribution in [0.3, 0.4) is 0 Å². The Labute approximate surface area is 165 Å². The van der Waals surface area contributed by atoms with E-state index in [0.29, 0.717) is 22.8 Å². The van der Waals surface area contributed by atoms with Crippen LogP contribution in [-0.2, 0) is 0 Å². The zero-order valence-electron chi connectivity index (χ0n) is 15.7. The maximum Gasteiger partial charge on any atom is 0.144 e. The molecule has 1 saturated carbocycles. The molecule has 0 radical (unpaired) electrons. The Bertz CT molecular complexity index is 1150. The highest BCUT2D eigenvalue weighted by atomic mass is 19.1. The van der Waals surface area contributed by atoms with Gasteiger partial charge in [-0.25, -0.2) is 18.8 Å². The summed E-state index contributed by atoms with van der Waals surface area (Å²) in [7, 11) is 0. The largest absolute Gasteiger partial charge is 0.356 e. The van der Waals surface area contributed by atoms with Gasteiger partial charge in [0.2, 0.25) is 0 Å². The Balaban J connectivity index is 1.49. The van der Waals surface area contributed by atoms with Crippen LogP contribution in [0.4, 0.5) is 26.0 Å². The predicted octanol–water partition coefficient (Wildman–Crippen LogP) is 4.02. The first-order chi connectivity index (χ1) is 14.1. The van der Waals surface area contributed by atoms with E-state index in [1.165, 1.54) is 24.6 Å². The fourth-order valence-corrected chi connectivity index (χ4v) is 4.37. The molecule has 2 N–H and O–H groups in total. The van der Waals surface area contributed by atoms with Crippen molar-refractivity contribution in [1.29, 1.82) is 0 Å². The number of anilines is 2. The number of halogens is 2. The van der Waals surface area contributed by atoms with E-state index in [0.717, 1.165) is 36.3 Å². The third kappa shape index (κ3) is 2.55. The van der Waals surface area contributed by atoms with Gasteiger partial charge in [0.05, 0.1) is 28.8 Å². The molecule has 29 heavy (non-hydrogen) atoms. The maximum atomic E-state index is 14.4. The molecule has 8 heteroatoms. The van der Waals surface area contributed by atoms with Crippen molar-refractivity contribution in [3.8, 4) is 11.3 Å². The number of benzene rings is 1. The van der Waals surface area contributed by atoms with Gasteiger partial charge in [0.1, 0.15) is 29.0 Å². The third-order valence-corrected chi connectivity index (χ3v) is 6.05. The van der Waals surface area contributed by atoms with Crippen molar-refractivity contribution >= 4 is 23.0 Å². The average molecular weight is 392 g/mol. The maximum absolute atomic E-state index is 14.4. The quantitative estimate of drug-likeness (QED) is 0.691. The highest BCUT2D eigenvalue weighted by Crippen LogP contribution is 2.47. The number of aromatic amines is 1. The molecule has 6 nitrogen and oxygen atoms in total. The predicted molar refractivity (Wildman–Crippen MR) is 107 cm³/mol. The van der Waals surface area contributed by atoms with Crippen LogP contribution in [0.2, 0.25) is 0 Å². The van der Waals surface area contributed by atoms with E-state index in [2.05, 4.69) is 30.4 Å². The molecule has 1 saturated heterocycles. The number of aryl methyl sites for hydroxylation is 1. The Morgan fingerprint density at radius 2 is 1.90 bits per heavy atom. The number of rotatable bonds is 2. The van der Waals surface area contributed by atoms with E-state index in [-0.39, 0.29) is 11.4 Å². The molecule has 3 aliphatic rings. The molecular weight excluding hydrogens is 374 g/mol. The number of hydrogen-bond donors (Lipinski definition) is 2. The van der Waals surface area contributed by atoms with E-state index in [4.69, 9.17) is 0 Å². The normalized spacial score (nSPS) is 21.6. The van der Waals surface area contributed by atoms with Crippen LogP contribution < -0.4 is 10.2 Å². The zero-order chi connectivity index (χ0) is 19.7. The molecule has 4 heterocycles. The Morgan fingerprint density at radius 3 is 2.66 bits per heavy atom. The molecule has 1 aromatic carbocycles. The van der Waals surface area contributed by atoms with Gasteiger partial charge < -0.3 is 10.2 Å². The van der Waals surface area contributed by atoms with E-state index in [1.54, 1.807) is 6.20 Å². The van der Waals surface area contributed by atoms with Crippen LogP contribution in [0.1, 0.15) is 17.7 Å². The molecule has 6 rings (SSSR count). The number of aliphatic imine (C=N–C) groups is 1. The first kappa shape index (κ1) is 16.6. The van der Waals surface area contributed by atoms with Crippen molar-refractivity contribution in [3.05, 3.63) is 53.4 Å². The molecule has 2 fully saturated rings. The van der Waals surface area contributed by atoms with Crippen molar-refractivity contribution < 1.29 is 8.78 Å². The molecule has 2 unspecified atom stereocenters. The number of amidine groups is 1. The molecule has 2 aromatic heterocycles. The summed E-state index contributed by atoms with van der Waals surface area (Å²) in [5.74, 6) is 1.22. The van der Waals surface area contributed by atoms with Crippen molar-refractivity contribution in [2.45, 2.75) is 13.3 Å². The van der Waals surface area contributed by atoms with Gasteiger partial charge in [-0.05, 0) is 43.4 Å². The summed E-state index contributed by atoms with van der Waals surface area (Å²) in [5.41, 5.74) is 3.20. The highest BCUT2D eigenvalue weighted by Gasteiger charge is 2.45. The topological polar surface area (TPSA) is 69.2 Å². The SMILES string of the molecule is Cc1n[nH]c2c1N=C(c1c(F)cccc1F)Nc1cnc(N3CC4CC4C3)cc1-2. The number of nitrogens with one attached hydrogen (secondary N) is 2. The van der Waals surface area contributed by atoms with Crippen LogP contribution in [0.15, 0.2) is 35.5 Å². The lowest BCUT2D eigenvalue weighted by Gasteiger charge is -2.20. The highest BCUT2D eigenvalue weighted by molar-refractivity contribution is 6.13. The number of nitrogens with zero attached hydrogens (tertiary/aromatic N) is 4. The van der Waals surface area contributed by atoms with Crippen LogP contribution in [0, 0.1) is 30.4 Å². The van der Waals surface area contributed by atoms with Crippen LogP contribution in [0.25, 0.3) is 11.3 Å². The first-order valence-corrected chi connectivity index (χ1v) is 9.69. The average Bonchev–Trinajstić information content (AvgIpc) is 3.21. The zero-order valence-corrected chi connectivity index (χ0v) is 15.7. The number of pyridine rings is 1. The van der Waals surface area contributed by atoms with Gasteiger partial charge >= 0.3 is 0 Å². The lowest BCUT2D eigenvalue weighted by molar-refractivity contribution is 0.579. The van der Waals surface area contributed by atoms with Crippen molar-refractivity contribution in [1.82, 2.24) is 15.2 Å². The van der Waals surface area contributed by atoms with Crippen LogP contribution in [0.5, 0.6) is 0 Å². The Hall–Kier alpha value is -3.29. The monoisotopic (exact) mass is 392 g/mol. The standard InChI is InChI=1S/C21H18F2N6/c1-10-19-20(28-27-10)13-6-17(29-8-11-5-12(11)9-29)24-7-16(13)25-21(26-19)18-14(22)3-2-4-15(18)23/h2-4,6-7,11-12H,5,8-9H2,1H3,(H,25,26)(H,27,28). The van der Waals surface area contributed by atoms with Crippen molar-refractivity contribution in [2.75, 3.05) is 23.3 Å². The number of fused-ring (bicyclic) bond motifs is 4. The molecule has 1 aliphatic carbocycles. The third-order valence-electron chi connectivity index (χ3n) is 6.05. The van der Waals surface area contributed by atoms with Crippen LogP contribution >= 0.6 is 0 Å². The number of piperidine rings is 1. The molecule has 2 atom stereocenters. The Kier molecular flexibility index (Phi) is 3.36.